The Hall–Kier alpha value is -2.10. The standard InChI is InChI=1S/C15H20N2O2/c1-11(2)17-15(19)10-16-14(18)8-7-13-6-4-5-12(3)9-13/h4-9,11H,10H2,1-3H3,(H,16,18)(H,17,19)/b8-7+. The van der Waals surface area contributed by atoms with Gasteiger partial charge in [-0.3, -0.25) is 9.59 Å². The Morgan fingerprint density at radius 2 is 2.05 bits per heavy atom. The molecular weight excluding hydrogens is 240 g/mol. The Kier molecular flexibility index (Phi) is 5.79. The van der Waals surface area contributed by atoms with Gasteiger partial charge in [-0.25, -0.2) is 0 Å². The van der Waals surface area contributed by atoms with Gasteiger partial charge in [-0.15, -0.1) is 0 Å². The summed E-state index contributed by atoms with van der Waals surface area (Å²) in [6.45, 7) is 5.73. The lowest BCUT2D eigenvalue weighted by Gasteiger charge is -2.08. The summed E-state index contributed by atoms with van der Waals surface area (Å²) in [7, 11) is 0. The van der Waals surface area contributed by atoms with Crippen molar-refractivity contribution in [3.63, 3.8) is 0 Å². The molecule has 0 heterocycles. The fourth-order valence-electron chi connectivity index (χ4n) is 1.55. The summed E-state index contributed by atoms with van der Waals surface area (Å²) in [5, 5.41) is 5.24. The van der Waals surface area contributed by atoms with Crippen molar-refractivity contribution in [2.45, 2.75) is 26.8 Å². The SMILES string of the molecule is Cc1cccc(/C=C/C(=O)NCC(=O)NC(C)C)c1. The normalized spacial score (nSPS) is 10.7. The largest absolute Gasteiger partial charge is 0.352 e. The molecule has 0 aromatic heterocycles. The van der Waals surface area contributed by atoms with Crippen LogP contribution >= 0.6 is 0 Å². The van der Waals surface area contributed by atoms with E-state index in [1.807, 2.05) is 45.0 Å². The van der Waals surface area contributed by atoms with Gasteiger partial charge in [0, 0.05) is 12.1 Å². The van der Waals surface area contributed by atoms with E-state index in [1.165, 1.54) is 6.08 Å². The number of benzene rings is 1. The molecule has 102 valence electrons. The van der Waals surface area contributed by atoms with Crippen molar-refractivity contribution in [3.8, 4) is 0 Å². The molecule has 2 N–H and O–H groups in total. The minimum atomic E-state index is -0.277. The number of hydrogen-bond donors (Lipinski definition) is 2. The smallest absolute Gasteiger partial charge is 0.244 e. The summed E-state index contributed by atoms with van der Waals surface area (Å²) in [6.07, 6.45) is 3.15. The molecule has 0 aliphatic rings. The molecule has 1 aromatic rings. The summed E-state index contributed by atoms with van der Waals surface area (Å²) in [5.74, 6) is -0.465. The van der Waals surface area contributed by atoms with Crippen molar-refractivity contribution in [2.75, 3.05) is 6.54 Å². The van der Waals surface area contributed by atoms with Gasteiger partial charge >= 0.3 is 0 Å². The Morgan fingerprint density at radius 3 is 2.68 bits per heavy atom. The highest BCUT2D eigenvalue weighted by Gasteiger charge is 2.03. The van der Waals surface area contributed by atoms with Gasteiger partial charge in [-0.1, -0.05) is 29.8 Å². The van der Waals surface area contributed by atoms with Crippen LogP contribution in [-0.4, -0.2) is 24.4 Å². The summed E-state index contributed by atoms with van der Waals surface area (Å²) in [4.78, 5) is 22.8. The van der Waals surface area contributed by atoms with Crippen LogP contribution in [-0.2, 0) is 9.59 Å². The van der Waals surface area contributed by atoms with Gasteiger partial charge < -0.3 is 10.6 Å². The molecule has 19 heavy (non-hydrogen) atoms. The molecule has 0 aliphatic carbocycles. The van der Waals surface area contributed by atoms with Gasteiger partial charge in [0.25, 0.3) is 0 Å². The Labute approximate surface area is 113 Å². The summed E-state index contributed by atoms with van der Waals surface area (Å²) in [5.41, 5.74) is 2.10. The zero-order valence-corrected chi connectivity index (χ0v) is 11.6. The highest BCUT2D eigenvalue weighted by molar-refractivity contribution is 5.94. The molecule has 0 saturated heterocycles. The van der Waals surface area contributed by atoms with E-state index in [2.05, 4.69) is 10.6 Å². The third-order valence-electron chi connectivity index (χ3n) is 2.34. The van der Waals surface area contributed by atoms with Crippen molar-refractivity contribution in [1.29, 1.82) is 0 Å². The number of nitrogens with one attached hydrogen (secondary N) is 2. The first kappa shape index (κ1) is 15.0. The molecule has 0 unspecified atom stereocenters. The first-order valence-electron chi connectivity index (χ1n) is 6.29. The Morgan fingerprint density at radius 1 is 1.32 bits per heavy atom. The molecule has 1 aromatic carbocycles. The maximum Gasteiger partial charge on any atom is 0.244 e. The quantitative estimate of drug-likeness (QED) is 0.791. The van der Waals surface area contributed by atoms with Crippen molar-refractivity contribution < 1.29 is 9.59 Å². The van der Waals surface area contributed by atoms with Crippen molar-refractivity contribution in [3.05, 3.63) is 41.5 Å². The Bertz CT molecular complexity index is 479. The summed E-state index contributed by atoms with van der Waals surface area (Å²) < 4.78 is 0. The molecule has 0 saturated carbocycles. The average molecular weight is 260 g/mol. The molecule has 0 spiro atoms. The van der Waals surface area contributed by atoms with E-state index in [4.69, 9.17) is 0 Å². The zero-order chi connectivity index (χ0) is 14.3. The van der Waals surface area contributed by atoms with E-state index < -0.39 is 0 Å². The van der Waals surface area contributed by atoms with Crippen LogP contribution in [0.25, 0.3) is 6.08 Å². The lowest BCUT2D eigenvalue weighted by Crippen LogP contribution is -2.39. The lowest BCUT2D eigenvalue weighted by atomic mass is 10.1. The van der Waals surface area contributed by atoms with Crippen LogP contribution in [0.15, 0.2) is 30.3 Å². The fourth-order valence-corrected chi connectivity index (χ4v) is 1.55. The number of carbonyl (C=O) groups excluding carboxylic acids is 2. The van der Waals surface area contributed by atoms with Crippen molar-refractivity contribution >= 4 is 17.9 Å². The van der Waals surface area contributed by atoms with Crippen LogP contribution in [0.1, 0.15) is 25.0 Å². The predicted octanol–water partition coefficient (Wildman–Crippen LogP) is 1.65. The van der Waals surface area contributed by atoms with Crippen molar-refractivity contribution in [2.24, 2.45) is 0 Å². The second-order valence-corrected chi connectivity index (χ2v) is 4.69. The molecule has 4 heteroatoms. The highest BCUT2D eigenvalue weighted by atomic mass is 16.2. The van der Waals surface area contributed by atoms with Crippen LogP contribution in [0.3, 0.4) is 0 Å². The molecule has 0 radical (unpaired) electrons. The highest BCUT2D eigenvalue weighted by Crippen LogP contribution is 2.05. The van der Waals surface area contributed by atoms with Crippen LogP contribution in [0, 0.1) is 6.92 Å². The lowest BCUT2D eigenvalue weighted by molar-refractivity contribution is -0.124. The second-order valence-electron chi connectivity index (χ2n) is 4.69. The molecule has 0 fully saturated rings. The van der Waals surface area contributed by atoms with E-state index in [9.17, 15) is 9.59 Å². The van der Waals surface area contributed by atoms with Crippen LogP contribution in [0.4, 0.5) is 0 Å². The van der Waals surface area contributed by atoms with Crippen LogP contribution < -0.4 is 10.6 Å². The fraction of sp³-hybridized carbons (Fsp3) is 0.333. The summed E-state index contributed by atoms with van der Waals surface area (Å²) >= 11 is 0. The molecule has 0 bridgehead atoms. The van der Waals surface area contributed by atoms with Crippen LogP contribution in [0.2, 0.25) is 0 Å². The number of amides is 2. The molecule has 0 atom stereocenters. The van der Waals surface area contributed by atoms with E-state index in [0.717, 1.165) is 11.1 Å². The van der Waals surface area contributed by atoms with E-state index in [0.29, 0.717) is 0 Å². The van der Waals surface area contributed by atoms with Gasteiger partial charge in [-0.05, 0) is 32.4 Å². The van der Waals surface area contributed by atoms with Gasteiger partial charge in [-0.2, -0.15) is 0 Å². The maximum absolute atomic E-state index is 11.5. The number of aryl methyl sites for hydroxylation is 1. The molecule has 4 nitrogen and oxygen atoms in total. The van der Waals surface area contributed by atoms with Crippen molar-refractivity contribution in [1.82, 2.24) is 10.6 Å². The average Bonchev–Trinajstić information content (AvgIpc) is 2.33. The molecular formula is C15H20N2O2. The number of carbonyl (C=O) groups is 2. The molecule has 2 amide bonds. The number of hydrogen-bond acceptors (Lipinski definition) is 2. The first-order valence-corrected chi connectivity index (χ1v) is 6.29. The molecule has 1 rings (SSSR count). The van der Waals surface area contributed by atoms with Gasteiger partial charge in [0.05, 0.1) is 6.54 Å². The second kappa shape index (κ2) is 7.36. The number of rotatable bonds is 5. The molecule has 0 aliphatic heterocycles. The van der Waals surface area contributed by atoms with Gasteiger partial charge in [0.2, 0.25) is 11.8 Å². The predicted molar refractivity (Wildman–Crippen MR) is 76.5 cm³/mol. The van der Waals surface area contributed by atoms with Crippen LogP contribution in [0.5, 0.6) is 0 Å². The van der Waals surface area contributed by atoms with E-state index >= 15 is 0 Å². The first-order chi connectivity index (χ1) is 8.97. The van der Waals surface area contributed by atoms with Gasteiger partial charge in [0.15, 0.2) is 0 Å². The maximum atomic E-state index is 11.5. The minimum absolute atomic E-state index is 0.00479. The van der Waals surface area contributed by atoms with E-state index in [-0.39, 0.29) is 24.4 Å². The monoisotopic (exact) mass is 260 g/mol. The third-order valence-corrected chi connectivity index (χ3v) is 2.34. The topological polar surface area (TPSA) is 58.2 Å². The van der Waals surface area contributed by atoms with E-state index in [1.54, 1.807) is 6.08 Å². The minimum Gasteiger partial charge on any atom is -0.352 e. The summed E-state index contributed by atoms with van der Waals surface area (Å²) in [6, 6.07) is 7.90. The zero-order valence-electron chi connectivity index (χ0n) is 11.6. The van der Waals surface area contributed by atoms with Gasteiger partial charge in [0.1, 0.15) is 0 Å². The Balaban J connectivity index is 2.41. The third kappa shape index (κ3) is 6.41.